The maximum atomic E-state index is 12.4. The first-order chi connectivity index (χ1) is 13.0. The molecular weight excluding hydrogens is 342 g/mol. The van der Waals surface area contributed by atoms with Crippen LogP contribution in [0.15, 0.2) is 48.5 Å². The fraction of sp³-hybridized carbons (Fsp3) is 0.364. The summed E-state index contributed by atoms with van der Waals surface area (Å²) in [5.41, 5.74) is 3.74. The van der Waals surface area contributed by atoms with Crippen LogP contribution in [0.5, 0.6) is 0 Å². The highest BCUT2D eigenvalue weighted by Gasteiger charge is 2.46. The minimum absolute atomic E-state index is 0.00224. The lowest BCUT2D eigenvalue weighted by molar-refractivity contribution is -0.148. The van der Waals surface area contributed by atoms with Crippen molar-refractivity contribution in [1.29, 1.82) is 0 Å². The SMILES string of the molecule is CC1(C(=O)O)CCCC1NC(=O)OCC1c2ccccc2-c2ccccc21. The van der Waals surface area contributed by atoms with Gasteiger partial charge in [0.15, 0.2) is 0 Å². The van der Waals surface area contributed by atoms with E-state index in [9.17, 15) is 14.7 Å². The number of alkyl carbamates (subject to hydrolysis) is 1. The molecule has 5 heteroatoms. The molecule has 2 aliphatic rings. The predicted octanol–water partition coefficient (Wildman–Crippen LogP) is 4.17. The van der Waals surface area contributed by atoms with Crippen molar-refractivity contribution >= 4 is 12.1 Å². The number of hydrogen-bond donors (Lipinski definition) is 2. The summed E-state index contributed by atoms with van der Waals surface area (Å²) in [6, 6.07) is 15.9. The van der Waals surface area contributed by atoms with Crippen molar-refractivity contribution in [2.24, 2.45) is 5.41 Å². The third-order valence-corrected chi connectivity index (χ3v) is 6.08. The van der Waals surface area contributed by atoms with E-state index in [1.165, 1.54) is 11.1 Å². The minimum Gasteiger partial charge on any atom is -0.481 e. The van der Waals surface area contributed by atoms with Crippen LogP contribution < -0.4 is 5.32 Å². The van der Waals surface area contributed by atoms with Gasteiger partial charge in [-0.05, 0) is 42.0 Å². The topological polar surface area (TPSA) is 75.6 Å². The zero-order valence-corrected chi connectivity index (χ0v) is 15.3. The first-order valence-electron chi connectivity index (χ1n) is 9.35. The molecule has 2 aromatic carbocycles. The molecule has 0 saturated heterocycles. The highest BCUT2D eigenvalue weighted by atomic mass is 16.5. The lowest BCUT2D eigenvalue weighted by Crippen LogP contribution is -2.47. The number of rotatable bonds is 4. The van der Waals surface area contributed by atoms with E-state index in [-0.39, 0.29) is 12.5 Å². The molecule has 0 spiro atoms. The van der Waals surface area contributed by atoms with Crippen LogP contribution in [0.25, 0.3) is 11.1 Å². The number of carbonyl (C=O) groups excluding carboxylic acids is 1. The third-order valence-electron chi connectivity index (χ3n) is 6.08. The van der Waals surface area contributed by atoms with Crippen LogP contribution in [0.1, 0.15) is 43.2 Å². The molecule has 2 unspecified atom stereocenters. The van der Waals surface area contributed by atoms with Crippen molar-refractivity contribution in [3.05, 3.63) is 59.7 Å². The van der Waals surface area contributed by atoms with Crippen molar-refractivity contribution in [2.75, 3.05) is 6.61 Å². The van der Waals surface area contributed by atoms with Gasteiger partial charge in [0.25, 0.3) is 0 Å². The van der Waals surface area contributed by atoms with Gasteiger partial charge in [-0.2, -0.15) is 0 Å². The number of aliphatic carboxylic acids is 1. The molecule has 140 valence electrons. The van der Waals surface area contributed by atoms with Gasteiger partial charge >= 0.3 is 12.1 Å². The molecule has 1 saturated carbocycles. The average Bonchev–Trinajstić information content (AvgIpc) is 3.19. The van der Waals surface area contributed by atoms with Crippen LogP contribution >= 0.6 is 0 Å². The molecule has 0 heterocycles. The summed E-state index contributed by atoms with van der Waals surface area (Å²) in [5.74, 6) is -0.874. The number of carboxylic acid groups (broad SMARTS) is 1. The normalized spacial score (nSPS) is 23.5. The van der Waals surface area contributed by atoms with Crippen molar-refractivity contribution in [1.82, 2.24) is 5.32 Å². The maximum Gasteiger partial charge on any atom is 0.407 e. The Morgan fingerprint density at radius 1 is 1.11 bits per heavy atom. The second kappa shape index (κ2) is 6.72. The number of ether oxygens (including phenoxy) is 1. The number of nitrogens with one attached hydrogen (secondary N) is 1. The summed E-state index contributed by atoms with van der Waals surface area (Å²) in [4.78, 5) is 23.9. The van der Waals surface area contributed by atoms with Crippen LogP contribution in [-0.2, 0) is 9.53 Å². The van der Waals surface area contributed by atoms with Gasteiger partial charge in [0, 0.05) is 12.0 Å². The highest BCUT2D eigenvalue weighted by molar-refractivity contribution is 5.79. The Bertz CT molecular complexity index is 848. The Morgan fingerprint density at radius 3 is 2.30 bits per heavy atom. The summed E-state index contributed by atoms with van der Waals surface area (Å²) < 4.78 is 5.53. The quantitative estimate of drug-likeness (QED) is 0.853. The van der Waals surface area contributed by atoms with Gasteiger partial charge in [-0.25, -0.2) is 4.79 Å². The highest BCUT2D eigenvalue weighted by Crippen LogP contribution is 2.44. The zero-order chi connectivity index (χ0) is 19.0. The molecule has 2 atom stereocenters. The van der Waals surface area contributed by atoms with Crippen LogP contribution in [0.4, 0.5) is 4.79 Å². The lowest BCUT2D eigenvalue weighted by Gasteiger charge is -2.27. The molecule has 2 aliphatic carbocycles. The minimum atomic E-state index is -0.925. The number of amides is 1. The molecular formula is C22H23NO4. The van der Waals surface area contributed by atoms with E-state index in [0.717, 1.165) is 17.5 Å². The van der Waals surface area contributed by atoms with Gasteiger partial charge in [-0.1, -0.05) is 55.0 Å². The summed E-state index contributed by atoms with van der Waals surface area (Å²) >= 11 is 0. The van der Waals surface area contributed by atoms with Crippen LogP contribution in [0, 0.1) is 5.41 Å². The zero-order valence-electron chi connectivity index (χ0n) is 15.3. The van der Waals surface area contributed by atoms with Crippen molar-refractivity contribution < 1.29 is 19.4 Å². The second-order valence-electron chi connectivity index (χ2n) is 7.64. The average molecular weight is 365 g/mol. The summed E-state index contributed by atoms with van der Waals surface area (Å²) in [7, 11) is 0. The smallest absolute Gasteiger partial charge is 0.407 e. The molecule has 0 aromatic heterocycles. The third kappa shape index (κ3) is 2.97. The predicted molar refractivity (Wildman–Crippen MR) is 102 cm³/mol. The van der Waals surface area contributed by atoms with E-state index < -0.39 is 23.5 Å². The molecule has 0 radical (unpaired) electrons. The van der Waals surface area contributed by atoms with E-state index >= 15 is 0 Å². The van der Waals surface area contributed by atoms with Crippen LogP contribution in [-0.4, -0.2) is 29.8 Å². The van der Waals surface area contributed by atoms with Crippen molar-refractivity contribution in [3.63, 3.8) is 0 Å². The van der Waals surface area contributed by atoms with E-state index in [1.807, 2.05) is 24.3 Å². The summed E-state index contributed by atoms with van der Waals surface area (Å²) in [6.07, 6.45) is 1.47. The fourth-order valence-corrected chi connectivity index (χ4v) is 4.44. The first kappa shape index (κ1) is 17.6. The van der Waals surface area contributed by atoms with Gasteiger partial charge in [-0.15, -0.1) is 0 Å². The summed E-state index contributed by atoms with van der Waals surface area (Å²) in [6.45, 7) is 1.92. The molecule has 0 bridgehead atoms. The standard InChI is InChI=1S/C22H23NO4/c1-22(20(24)25)12-6-11-19(22)23-21(26)27-13-18-16-9-4-2-7-14(16)15-8-3-5-10-17(15)18/h2-5,7-10,18-19H,6,11-13H2,1H3,(H,23,26)(H,24,25). The Balaban J connectivity index is 1.46. The van der Waals surface area contributed by atoms with E-state index in [2.05, 4.69) is 29.6 Å². The van der Waals surface area contributed by atoms with Gasteiger partial charge in [-0.3, -0.25) is 4.79 Å². The van der Waals surface area contributed by atoms with E-state index in [1.54, 1.807) is 6.92 Å². The Morgan fingerprint density at radius 2 is 1.70 bits per heavy atom. The lowest BCUT2D eigenvalue weighted by atomic mass is 9.85. The van der Waals surface area contributed by atoms with Gasteiger partial charge in [0.05, 0.1) is 5.41 Å². The van der Waals surface area contributed by atoms with Crippen molar-refractivity contribution in [2.45, 2.75) is 38.1 Å². The number of hydrogen-bond acceptors (Lipinski definition) is 3. The molecule has 27 heavy (non-hydrogen) atoms. The number of fused-ring (bicyclic) bond motifs is 3. The Labute approximate surface area is 158 Å². The van der Waals surface area contributed by atoms with Gasteiger partial charge < -0.3 is 15.2 Å². The number of benzene rings is 2. The molecule has 5 nitrogen and oxygen atoms in total. The largest absolute Gasteiger partial charge is 0.481 e. The van der Waals surface area contributed by atoms with Gasteiger partial charge in [0.1, 0.15) is 6.61 Å². The molecule has 2 aromatic rings. The molecule has 1 fully saturated rings. The molecule has 1 amide bonds. The Kier molecular flexibility index (Phi) is 4.38. The first-order valence-corrected chi connectivity index (χ1v) is 9.35. The number of carbonyl (C=O) groups is 2. The van der Waals surface area contributed by atoms with E-state index in [4.69, 9.17) is 4.74 Å². The maximum absolute atomic E-state index is 12.4. The Hall–Kier alpha value is -2.82. The van der Waals surface area contributed by atoms with Crippen LogP contribution in [0.3, 0.4) is 0 Å². The fourth-order valence-electron chi connectivity index (χ4n) is 4.44. The molecule has 4 rings (SSSR count). The summed E-state index contributed by atoms with van der Waals surface area (Å²) in [5, 5.41) is 12.3. The monoisotopic (exact) mass is 365 g/mol. The van der Waals surface area contributed by atoms with Gasteiger partial charge in [0.2, 0.25) is 0 Å². The molecule has 2 N–H and O–H groups in total. The van der Waals surface area contributed by atoms with Crippen LogP contribution in [0.2, 0.25) is 0 Å². The molecule has 0 aliphatic heterocycles. The number of carboxylic acids is 1. The van der Waals surface area contributed by atoms with Crippen molar-refractivity contribution in [3.8, 4) is 11.1 Å². The second-order valence-corrected chi connectivity index (χ2v) is 7.64. The van der Waals surface area contributed by atoms with E-state index in [0.29, 0.717) is 12.8 Å².